The molecule has 0 radical (unpaired) electrons. The maximum absolute atomic E-state index is 12.0. The molecule has 1 N–H and O–H groups in total. The highest BCUT2D eigenvalue weighted by atomic mass is 32.1. The Balaban J connectivity index is 2.09. The highest BCUT2D eigenvalue weighted by Gasteiger charge is 2.12. The van der Waals surface area contributed by atoms with Crippen molar-refractivity contribution in [1.29, 1.82) is 0 Å². The third-order valence-electron chi connectivity index (χ3n) is 2.32. The smallest absolute Gasteiger partial charge is 0.255 e. The van der Waals surface area contributed by atoms with Gasteiger partial charge in [0.1, 0.15) is 5.75 Å². The Morgan fingerprint density at radius 2 is 2.35 bits per heavy atom. The lowest BCUT2D eigenvalue weighted by atomic mass is 10.2. The molecule has 0 saturated heterocycles. The number of pyridine rings is 1. The summed E-state index contributed by atoms with van der Waals surface area (Å²) in [6.07, 6.45) is 2.75. The van der Waals surface area contributed by atoms with Gasteiger partial charge in [-0.25, -0.2) is 0 Å². The van der Waals surface area contributed by atoms with Crippen LogP contribution in [0.5, 0.6) is 5.75 Å². The molecule has 0 bridgehead atoms. The van der Waals surface area contributed by atoms with Crippen LogP contribution in [0, 0.1) is 0 Å². The molecular weight excluding hydrogens is 236 g/mol. The minimum Gasteiger partial charge on any atom is -0.506 e. The number of amides is 1. The van der Waals surface area contributed by atoms with E-state index in [9.17, 15) is 9.90 Å². The van der Waals surface area contributed by atoms with Crippen LogP contribution in [0.3, 0.4) is 0 Å². The van der Waals surface area contributed by atoms with Crippen LogP contribution in [0.4, 0.5) is 0 Å². The Bertz CT molecular complexity index is 511. The van der Waals surface area contributed by atoms with E-state index in [1.165, 1.54) is 18.5 Å². The molecular formula is C12H12N2O2S. The Hall–Kier alpha value is -1.88. The maximum atomic E-state index is 12.0. The summed E-state index contributed by atoms with van der Waals surface area (Å²) in [5.74, 6) is -0.153. The minimum atomic E-state index is -0.153. The molecule has 0 spiro atoms. The zero-order chi connectivity index (χ0) is 12.3. The summed E-state index contributed by atoms with van der Waals surface area (Å²) in [5, 5.41) is 13.2. The van der Waals surface area contributed by atoms with Crippen LogP contribution in [-0.2, 0) is 6.54 Å². The molecule has 2 rings (SSSR count). The van der Waals surface area contributed by atoms with E-state index in [1.807, 2.05) is 16.8 Å². The van der Waals surface area contributed by atoms with Crippen molar-refractivity contribution in [3.63, 3.8) is 0 Å². The van der Waals surface area contributed by atoms with Gasteiger partial charge < -0.3 is 10.0 Å². The van der Waals surface area contributed by atoms with Crippen molar-refractivity contribution in [1.82, 2.24) is 9.88 Å². The average Bonchev–Trinajstić information content (AvgIpc) is 2.80. The van der Waals surface area contributed by atoms with Crippen molar-refractivity contribution in [2.45, 2.75) is 6.54 Å². The van der Waals surface area contributed by atoms with E-state index in [1.54, 1.807) is 23.3 Å². The predicted octanol–water partition coefficient (Wildman–Crippen LogP) is 2.12. The van der Waals surface area contributed by atoms with Crippen molar-refractivity contribution >= 4 is 17.2 Å². The molecule has 2 aromatic heterocycles. The third-order valence-corrected chi connectivity index (χ3v) is 3.05. The first-order valence-corrected chi connectivity index (χ1v) is 6.01. The Labute approximate surface area is 103 Å². The molecule has 0 aliphatic carbocycles. The van der Waals surface area contributed by atoms with Crippen molar-refractivity contribution in [2.75, 3.05) is 7.05 Å². The van der Waals surface area contributed by atoms with Gasteiger partial charge in [0.25, 0.3) is 5.91 Å². The van der Waals surface area contributed by atoms with E-state index >= 15 is 0 Å². The molecule has 88 valence electrons. The van der Waals surface area contributed by atoms with E-state index < -0.39 is 0 Å². The molecule has 0 aliphatic heterocycles. The van der Waals surface area contributed by atoms with Crippen LogP contribution in [-0.4, -0.2) is 27.9 Å². The van der Waals surface area contributed by atoms with E-state index in [4.69, 9.17) is 0 Å². The van der Waals surface area contributed by atoms with Gasteiger partial charge in [-0.05, 0) is 28.5 Å². The molecule has 0 saturated carbocycles. The number of rotatable bonds is 3. The molecule has 5 heteroatoms. The Morgan fingerprint density at radius 1 is 1.53 bits per heavy atom. The van der Waals surface area contributed by atoms with Crippen molar-refractivity contribution in [3.8, 4) is 5.75 Å². The molecule has 2 aromatic rings. The van der Waals surface area contributed by atoms with Crippen LogP contribution in [0.1, 0.15) is 15.9 Å². The number of carbonyl (C=O) groups is 1. The van der Waals surface area contributed by atoms with Gasteiger partial charge in [-0.15, -0.1) is 0 Å². The van der Waals surface area contributed by atoms with Gasteiger partial charge in [-0.1, -0.05) is 0 Å². The van der Waals surface area contributed by atoms with Gasteiger partial charge in [0.05, 0.1) is 11.8 Å². The van der Waals surface area contributed by atoms with Crippen LogP contribution in [0.25, 0.3) is 0 Å². The Morgan fingerprint density at radius 3 is 3.00 bits per heavy atom. The average molecular weight is 248 g/mol. The lowest BCUT2D eigenvalue weighted by molar-refractivity contribution is 0.0784. The lowest BCUT2D eigenvalue weighted by Gasteiger charge is -2.16. The molecule has 2 heterocycles. The summed E-state index contributed by atoms with van der Waals surface area (Å²) in [6, 6.07) is 3.40. The van der Waals surface area contributed by atoms with Gasteiger partial charge in [0.2, 0.25) is 0 Å². The largest absolute Gasteiger partial charge is 0.506 e. The number of hydrogen-bond acceptors (Lipinski definition) is 4. The fourth-order valence-electron chi connectivity index (χ4n) is 1.49. The van der Waals surface area contributed by atoms with E-state index in [-0.39, 0.29) is 11.7 Å². The summed E-state index contributed by atoms with van der Waals surface area (Å²) < 4.78 is 0. The van der Waals surface area contributed by atoms with Crippen molar-refractivity contribution in [3.05, 3.63) is 46.4 Å². The molecule has 0 fully saturated rings. The van der Waals surface area contributed by atoms with Gasteiger partial charge in [-0.3, -0.25) is 9.78 Å². The second kappa shape index (κ2) is 4.97. The molecule has 1 amide bonds. The lowest BCUT2D eigenvalue weighted by Crippen LogP contribution is -2.26. The quantitative estimate of drug-likeness (QED) is 0.905. The highest BCUT2D eigenvalue weighted by molar-refractivity contribution is 7.07. The Kier molecular flexibility index (Phi) is 3.39. The summed E-state index contributed by atoms with van der Waals surface area (Å²) >= 11 is 1.60. The van der Waals surface area contributed by atoms with Crippen LogP contribution in [0.15, 0.2) is 35.3 Å². The van der Waals surface area contributed by atoms with E-state index in [0.717, 1.165) is 5.56 Å². The molecule has 0 aromatic carbocycles. The standard InChI is InChI=1S/C12H12N2O2S/c1-14(7-9-2-3-17-8-9)12(16)10-4-11(15)6-13-5-10/h2-6,8,15H,7H2,1H3. The molecule has 0 unspecified atom stereocenters. The maximum Gasteiger partial charge on any atom is 0.255 e. The zero-order valence-electron chi connectivity index (χ0n) is 9.33. The molecule has 0 aliphatic rings. The molecule has 0 atom stereocenters. The summed E-state index contributed by atoms with van der Waals surface area (Å²) in [7, 11) is 1.73. The van der Waals surface area contributed by atoms with Crippen LogP contribution in [0.2, 0.25) is 0 Å². The van der Waals surface area contributed by atoms with Gasteiger partial charge in [0, 0.05) is 19.8 Å². The van der Waals surface area contributed by atoms with Crippen LogP contribution >= 0.6 is 11.3 Å². The molecule has 17 heavy (non-hydrogen) atoms. The summed E-state index contributed by atoms with van der Waals surface area (Å²) in [4.78, 5) is 17.4. The van der Waals surface area contributed by atoms with Gasteiger partial charge >= 0.3 is 0 Å². The minimum absolute atomic E-state index is 0.000201. The number of aromatic hydroxyl groups is 1. The van der Waals surface area contributed by atoms with E-state index in [2.05, 4.69) is 4.98 Å². The highest BCUT2D eigenvalue weighted by Crippen LogP contribution is 2.13. The summed E-state index contributed by atoms with van der Waals surface area (Å²) in [5.41, 5.74) is 1.49. The van der Waals surface area contributed by atoms with Crippen molar-refractivity contribution < 1.29 is 9.90 Å². The van der Waals surface area contributed by atoms with Crippen LogP contribution < -0.4 is 0 Å². The topological polar surface area (TPSA) is 53.4 Å². The second-order valence-electron chi connectivity index (χ2n) is 3.72. The first-order chi connectivity index (χ1) is 8.16. The number of nitrogens with zero attached hydrogens (tertiary/aromatic N) is 2. The SMILES string of the molecule is CN(Cc1ccsc1)C(=O)c1cncc(O)c1. The normalized spacial score (nSPS) is 10.2. The number of carbonyl (C=O) groups excluding carboxylic acids is 1. The first-order valence-electron chi connectivity index (χ1n) is 5.07. The third kappa shape index (κ3) is 2.82. The predicted molar refractivity (Wildman–Crippen MR) is 66.0 cm³/mol. The monoisotopic (exact) mass is 248 g/mol. The fourth-order valence-corrected chi connectivity index (χ4v) is 2.15. The van der Waals surface area contributed by atoms with Gasteiger partial charge in [0.15, 0.2) is 0 Å². The van der Waals surface area contributed by atoms with Gasteiger partial charge in [-0.2, -0.15) is 11.3 Å². The fraction of sp³-hybridized carbons (Fsp3) is 0.167. The first kappa shape index (κ1) is 11.6. The number of hydrogen-bond donors (Lipinski definition) is 1. The number of aromatic nitrogens is 1. The second-order valence-corrected chi connectivity index (χ2v) is 4.50. The summed E-state index contributed by atoms with van der Waals surface area (Å²) in [6.45, 7) is 0.554. The van der Waals surface area contributed by atoms with Crippen molar-refractivity contribution in [2.24, 2.45) is 0 Å². The zero-order valence-corrected chi connectivity index (χ0v) is 10.1. The number of thiophene rings is 1. The molecule has 4 nitrogen and oxygen atoms in total. The van der Waals surface area contributed by atoms with E-state index in [0.29, 0.717) is 12.1 Å².